The summed E-state index contributed by atoms with van der Waals surface area (Å²) in [4.78, 5) is 2.26. The molecule has 0 aliphatic heterocycles. The van der Waals surface area contributed by atoms with Crippen LogP contribution in [0, 0.1) is 6.92 Å². The molecule has 3 heteroatoms. The van der Waals surface area contributed by atoms with Gasteiger partial charge in [-0.05, 0) is 30.4 Å². The number of aliphatic hydroxyl groups is 1. The Hall–Kier alpha value is -0.670. The van der Waals surface area contributed by atoms with E-state index in [4.69, 9.17) is 5.11 Å². The second-order valence-corrected chi connectivity index (χ2v) is 4.68. The van der Waals surface area contributed by atoms with Gasteiger partial charge in [-0.15, -0.1) is 0 Å². The summed E-state index contributed by atoms with van der Waals surface area (Å²) in [5, 5.41) is 9.02. The Bertz CT molecular complexity index is 314. The quantitative estimate of drug-likeness (QED) is 0.831. The summed E-state index contributed by atoms with van der Waals surface area (Å²) >= 11 is 1.86. The van der Waals surface area contributed by atoms with Crippen LogP contribution in [0.3, 0.4) is 0 Å². The topological polar surface area (TPSA) is 23.5 Å². The van der Waals surface area contributed by atoms with Crippen LogP contribution in [0.2, 0.25) is 0 Å². The van der Waals surface area contributed by atoms with Crippen LogP contribution in [0.25, 0.3) is 0 Å². The lowest BCUT2D eigenvalue weighted by Crippen LogP contribution is -2.21. The van der Waals surface area contributed by atoms with E-state index in [1.54, 1.807) is 0 Å². The van der Waals surface area contributed by atoms with E-state index in [1.165, 1.54) is 11.3 Å². The molecule has 0 aromatic heterocycles. The molecule has 0 saturated carbocycles. The molecule has 0 spiro atoms. The lowest BCUT2D eigenvalue weighted by molar-refractivity contribution is 0.282. The number of aryl methyl sites for hydroxylation is 1. The Morgan fingerprint density at radius 2 is 2.13 bits per heavy atom. The molecule has 0 heterocycles. The van der Waals surface area contributed by atoms with Crippen LogP contribution >= 0.6 is 11.8 Å². The van der Waals surface area contributed by atoms with Crippen molar-refractivity contribution >= 4 is 17.4 Å². The highest BCUT2D eigenvalue weighted by molar-refractivity contribution is 7.98. The first-order chi connectivity index (χ1) is 7.19. The van der Waals surface area contributed by atoms with Gasteiger partial charge in [0.15, 0.2) is 0 Å². The molecule has 84 valence electrons. The molecule has 0 bridgehead atoms. The molecular formula is C12H19NOS. The second-order valence-electron chi connectivity index (χ2n) is 3.69. The van der Waals surface area contributed by atoms with Crippen LogP contribution in [0.15, 0.2) is 18.2 Å². The van der Waals surface area contributed by atoms with Crippen LogP contribution in [-0.2, 0) is 6.61 Å². The summed E-state index contributed by atoms with van der Waals surface area (Å²) in [5.41, 5.74) is 3.46. The summed E-state index contributed by atoms with van der Waals surface area (Å²) in [6.45, 7) is 3.26. The number of hydrogen-bond acceptors (Lipinski definition) is 3. The first-order valence-corrected chi connectivity index (χ1v) is 6.49. The van der Waals surface area contributed by atoms with Gasteiger partial charge in [0.25, 0.3) is 0 Å². The number of benzene rings is 1. The Morgan fingerprint density at radius 3 is 2.67 bits per heavy atom. The van der Waals surface area contributed by atoms with Crippen molar-refractivity contribution in [3.05, 3.63) is 29.3 Å². The molecule has 1 aromatic rings. The minimum absolute atomic E-state index is 0.121. The summed E-state index contributed by atoms with van der Waals surface area (Å²) < 4.78 is 0. The monoisotopic (exact) mass is 225 g/mol. The van der Waals surface area contributed by atoms with E-state index >= 15 is 0 Å². The number of aliphatic hydroxyl groups excluding tert-OH is 1. The van der Waals surface area contributed by atoms with Crippen molar-refractivity contribution in [2.24, 2.45) is 0 Å². The van der Waals surface area contributed by atoms with E-state index < -0.39 is 0 Å². The molecule has 15 heavy (non-hydrogen) atoms. The van der Waals surface area contributed by atoms with Crippen molar-refractivity contribution in [1.29, 1.82) is 0 Å². The molecule has 1 rings (SSSR count). The predicted molar refractivity (Wildman–Crippen MR) is 68.8 cm³/mol. The summed E-state index contributed by atoms with van der Waals surface area (Å²) in [6.07, 6.45) is 2.12. The van der Waals surface area contributed by atoms with E-state index in [9.17, 15) is 0 Å². The Balaban J connectivity index is 2.76. The molecule has 0 aliphatic rings. The molecule has 0 saturated heterocycles. The van der Waals surface area contributed by atoms with Gasteiger partial charge in [-0.2, -0.15) is 11.8 Å². The van der Waals surface area contributed by atoms with Crippen molar-refractivity contribution in [1.82, 2.24) is 0 Å². The average Bonchev–Trinajstić information content (AvgIpc) is 2.25. The normalized spacial score (nSPS) is 10.4. The lowest BCUT2D eigenvalue weighted by Gasteiger charge is -2.21. The summed E-state index contributed by atoms with van der Waals surface area (Å²) in [7, 11) is 2.11. The highest BCUT2D eigenvalue weighted by Gasteiger charge is 2.04. The molecule has 0 aliphatic carbocycles. The second kappa shape index (κ2) is 6.03. The summed E-state index contributed by atoms with van der Waals surface area (Å²) in [5.74, 6) is 1.14. The first kappa shape index (κ1) is 12.4. The fourth-order valence-electron chi connectivity index (χ4n) is 1.59. The van der Waals surface area contributed by atoms with Crippen LogP contribution in [0.5, 0.6) is 0 Å². The third-order valence-corrected chi connectivity index (χ3v) is 3.08. The fourth-order valence-corrected chi connectivity index (χ4v) is 2.05. The molecule has 0 amide bonds. The van der Waals surface area contributed by atoms with E-state index in [-0.39, 0.29) is 6.61 Å². The molecule has 0 radical (unpaired) electrons. The van der Waals surface area contributed by atoms with Crippen molar-refractivity contribution in [3.63, 3.8) is 0 Å². The third kappa shape index (κ3) is 3.43. The molecular weight excluding hydrogens is 206 g/mol. The van der Waals surface area contributed by atoms with Gasteiger partial charge < -0.3 is 10.0 Å². The zero-order valence-electron chi connectivity index (χ0n) is 9.66. The van der Waals surface area contributed by atoms with E-state index in [1.807, 2.05) is 23.9 Å². The fraction of sp³-hybridized carbons (Fsp3) is 0.500. The smallest absolute Gasteiger partial charge is 0.0681 e. The number of hydrogen-bond donors (Lipinski definition) is 1. The number of anilines is 1. The highest BCUT2D eigenvalue weighted by Crippen LogP contribution is 2.20. The minimum atomic E-state index is 0.121. The van der Waals surface area contributed by atoms with E-state index in [2.05, 4.69) is 31.2 Å². The molecule has 1 N–H and O–H groups in total. The average molecular weight is 225 g/mol. The number of nitrogens with zero attached hydrogens (tertiary/aromatic N) is 1. The van der Waals surface area contributed by atoms with Gasteiger partial charge in [0.1, 0.15) is 0 Å². The maximum atomic E-state index is 9.02. The van der Waals surface area contributed by atoms with Gasteiger partial charge in [0.05, 0.1) is 6.61 Å². The van der Waals surface area contributed by atoms with Crippen molar-refractivity contribution in [2.45, 2.75) is 13.5 Å². The Labute approximate surface area is 96.3 Å². The maximum Gasteiger partial charge on any atom is 0.0681 e. The largest absolute Gasteiger partial charge is 0.392 e. The zero-order chi connectivity index (χ0) is 11.3. The summed E-state index contributed by atoms with van der Waals surface area (Å²) in [6, 6.07) is 6.12. The zero-order valence-corrected chi connectivity index (χ0v) is 10.5. The molecule has 0 fully saturated rings. The highest BCUT2D eigenvalue weighted by atomic mass is 32.2. The third-order valence-electron chi connectivity index (χ3n) is 2.49. The van der Waals surface area contributed by atoms with Gasteiger partial charge in [0, 0.05) is 25.0 Å². The first-order valence-electron chi connectivity index (χ1n) is 5.09. The minimum Gasteiger partial charge on any atom is -0.392 e. The lowest BCUT2D eigenvalue weighted by atomic mass is 10.1. The van der Waals surface area contributed by atoms with Crippen LogP contribution < -0.4 is 4.90 Å². The molecule has 0 unspecified atom stereocenters. The van der Waals surface area contributed by atoms with E-state index in [0.29, 0.717) is 0 Å². The van der Waals surface area contributed by atoms with Crippen molar-refractivity contribution < 1.29 is 5.11 Å². The van der Waals surface area contributed by atoms with Gasteiger partial charge in [0.2, 0.25) is 0 Å². The van der Waals surface area contributed by atoms with Crippen LogP contribution in [-0.4, -0.2) is 30.7 Å². The van der Waals surface area contributed by atoms with Gasteiger partial charge in [-0.25, -0.2) is 0 Å². The Kier molecular flexibility index (Phi) is 4.99. The van der Waals surface area contributed by atoms with Crippen molar-refractivity contribution in [2.75, 3.05) is 30.5 Å². The number of thioether (sulfide) groups is 1. The molecule has 0 atom stereocenters. The van der Waals surface area contributed by atoms with Gasteiger partial charge in [-0.1, -0.05) is 12.1 Å². The SMILES string of the molecule is CSCCN(C)c1ccc(CO)cc1C. The standard InChI is InChI=1S/C12H19NOS/c1-10-8-11(9-14)4-5-12(10)13(2)6-7-15-3/h4-5,8,14H,6-7,9H2,1-3H3. The predicted octanol–water partition coefficient (Wildman–Crippen LogP) is 2.29. The Morgan fingerprint density at radius 1 is 1.40 bits per heavy atom. The molecule has 1 aromatic carbocycles. The van der Waals surface area contributed by atoms with Crippen molar-refractivity contribution in [3.8, 4) is 0 Å². The van der Waals surface area contributed by atoms with Crippen LogP contribution in [0.4, 0.5) is 5.69 Å². The number of rotatable bonds is 5. The van der Waals surface area contributed by atoms with Gasteiger partial charge in [-0.3, -0.25) is 0 Å². The van der Waals surface area contributed by atoms with Crippen LogP contribution in [0.1, 0.15) is 11.1 Å². The van der Waals surface area contributed by atoms with Gasteiger partial charge >= 0.3 is 0 Å². The maximum absolute atomic E-state index is 9.02. The molecule has 2 nitrogen and oxygen atoms in total. The van der Waals surface area contributed by atoms with E-state index in [0.717, 1.165) is 17.9 Å².